The third-order valence-corrected chi connectivity index (χ3v) is 4.85. The highest BCUT2D eigenvalue weighted by Crippen LogP contribution is 2.12. The fourth-order valence-electron chi connectivity index (χ4n) is 2.10. The van der Waals surface area contributed by atoms with Crippen LogP contribution in [0.1, 0.15) is 35.3 Å². The number of benzene rings is 2. The Hall–Kier alpha value is -2.18. The predicted octanol–water partition coefficient (Wildman–Crippen LogP) is 2.61. The molecule has 0 fully saturated rings. The number of carbonyl (C=O) groups excluding carboxylic acids is 1. The molecule has 0 saturated heterocycles. The standard InChI is InChI=1S/C18H22N2O3S/c1-13(2)20-18(21)16-8-10-17(11-9-16)24(22,23)19-12-15-6-4-14(3)5-7-15/h4-11,13,19H,12H2,1-3H3,(H,20,21). The van der Waals surface area contributed by atoms with Crippen LogP contribution in [0.5, 0.6) is 0 Å². The molecule has 0 radical (unpaired) electrons. The van der Waals surface area contributed by atoms with Gasteiger partial charge in [0.25, 0.3) is 5.91 Å². The zero-order valence-electron chi connectivity index (χ0n) is 14.0. The summed E-state index contributed by atoms with van der Waals surface area (Å²) in [6.45, 7) is 5.93. The zero-order valence-corrected chi connectivity index (χ0v) is 14.9. The summed E-state index contributed by atoms with van der Waals surface area (Å²) in [5.74, 6) is -0.221. The molecule has 128 valence electrons. The molecule has 0 aliphatic heterocycles. The van der Waals surface area contributed by atoms with Gasteiger partial charge in [0.1, 0.15) is 0 Å². The summed E-state index contributed by atoms with van der Waals surface area (Å²) >= 11 is 0. The van der Waals surface area contributed by atoms with E-state index >= 15 is 0 Å². The molecule has 2 N–H and O–H groups in total. The number of amides is 1. The minimum atomic E-state index is -3.62. The number of carbonyl (C=O) groups is 1. The van der Waals surface area contributed by atoms with Crippen molar-refractivity contribution in [1.29, 1.82) is 0 Å². The van der Waals surface area contributed by atoms with Crippen LogP contribution in [-0.4, -0.2) is 20.4 Å². The molecule has 24 heavy (non-hydrogen) atoms. The lowest BCUT2D eigenvalue weighted by atomic mass is 10.2. The minimum Gasteiger partial charge on any atom is -0.350 e. The van der Waals surface area contributed by atoms with Crippen molar-refractivity contribution in [3.8, 4) is 0 Å². The molecule has 0 aliphatic carbocycles. The molecule has 6 heteroatoms. The molecular weight excluding hydrogens is 324 g/mol. The molecule has 0 saturated carbocycles. The Morgan fingerprint density at radius 3 is 2.12 bits per heavy atom. The Labute approximate surface area is 143 Å². The first-order valence-corrected chi connectivity index (χ1v) is 9.22. The molecule has 5 nitrogen and oxygen atoms in total. The van der Waals surface area contributed by atoms with Crippen LogP contribution in [0, 0.1) is 6.92 Å². The van der Waals surface area contributed by atoms with Gasteiger partial charge in [0.2, 0.25) is 10.0 Å². The van der Waals surface area contributed by atoms with Crippen molar-refractivity contribution in [3.63, 3.8) is 0 Å². The lowest BCUT2D eigenvalue weighted by molar-refractivity contribution is 0.0943. The second kappa shape index (κ2) is 7.59. The van der Waals surface area contributed by atoms with Crippen molar-refractivity contribution < 1.29 is 13.2 Å². The number of aryl methyl sites for hydroxylation is 1. The van der Waals surface area contributed by atoms with Gasteiger partial charge in [0, 0.05) is 18.2 Å². The van der Waals surface area contributed by atoms with Crippen molar-refractivity contribution in [2.45, 2.75) is 38.3 Å². The van der Waals surface area contributed by atoms with Gasteiger partial charge in [0.05, 0.1) is 4.90 Å². The van der Waals surface area contributed by atoms with E-state index in [9.17, 15) is 13.2 Å². The van der Waals surface area contributed by atoms with Gasteiger partial charge in [0.15, 0.2) is 0 Å². The molecule has 0 unspecified atom stereocenters. The number of hydrogen-bond acceptors (Lipinski definition) is 3. The fraction of sp³-hybridized carbons (Fsp3) is 0.278. The van der Waals surface area contributed by atoms with Crippen molar-refractivity contribution in [2.24, 2.45) is 0 Å². The number of sulfonamides is 1. The topological polar surface area (TPSA) is 75.3 Å². The van der Waals surface area contributed by atoms with Crippen LogP contribution in [0.2, 0.25) is 0 Å². The lowest BCUT2D eigenvalue weighted by Gasteiger charge is -2.10. The average Bonchev–Trinajstić information content (AvgIpc) is 2.54. The number of nitrogens with one attached hydrogen (secondary N) is 2. The van der Waals surface area contributed by atoms with Gasteiger partial charge >= 0.3 is 0 Å². The van der Waals surface area contributed by atoms with Gasteiger partial charge < -0.3 is 5.32 Å². The van der Waals surface area contributed by atoms with E-state index in [1.165, 1.54) is 24.3 Å². The predicted molar refractivity (Wildman–Crippen MR) is 94.2 cm³/mol. The summed E-state index contributed by atoms with van der Waals surface area (Å²) in [7, 11) is -3.62. The Balaban J connectivity index is 2.06. The highest BCUT2D eigenvalue weighted by atomic mass is 32.2. The molecule has 0 heterocycles. The minimum absolute atomic E-state index is 0.0251. The molecule has 0 bridgehead atoms. The van der Waals surface area contributed by atoms with Crippen LogP contribution in [0.15, 0.2) is 53.4 Å². The van der Waals surface area contributed by atoms with E-state index in [4.69, 9.17) is 0 Å². The van der Waals surface area contributed by atoms with Crippen LogP contribution >= 0.6 is 0 Å². The van der Waals surface area contributed by atoms with Crippen LogP contribution in [0.25, 0.3) is 0 Å². The van der Waals surface area contributed by atoms with Gasteiger partial charge in [-0.3, -0.25) is 4.79 Å². The highest BCUT2D eigenvalue weighted by Gasteiger charge is 2.15. The van der Waals surface area contributed by atoms with E-state index in [2.05, 4.69) is 10.0 Å². The Kier molecular flexibility index (Phi) is 5.75. The molecular formula is C18H22N2O3S. The van der Waals surface area contributed by atoms with E-state index in [-0.39, 0.29) is 23.4 Å². The van der Waals surface area contributed by atoms with Gasteiger partial charge in [-0.1, -0.05) is 29.8 Å². The van der Waals surface area contributed by atoms with Crippen LogP contribution in [0.3, 0.4) is 0 Å². The van der Waals surface area contributed by atoms with E-state index in [1.54, 1.807) is 0 Å². The highest BCUT2D eigenvalue weighted by molar-refractivity contribution is 7.89. The van der Waals surface area contributed by atoms with Gasteiger partial charge in [-0.05, 0) is 50.6 Å². The van der Waals surface area contributed by atoms with Gasteiger partial charge in [-0.15, -0.1) is 0 Å². The lowest BCUT2D eigenvalue weighted by Crippen LogP contribution is -2.30. The van der Waals surface area contributed by atoms with Crippen molar-refractivity contribution in [3.05, 3.63) is 65.2 Å². The average molecular weight is 346 g/mol. The largest absolute Gasteiger partial charge is 0.350 e. The first kappa shape index (κ1) is 18.2. The van der Waals surface area contributed by atoms with E-state index in [0.29, 0.717) is 5.56 Å². The quantitative estimate of drug-likeness (QED) is 0.844. The van der Waals surface area contributed by atoms with E-state index < -0.39 is 10.0 Å². The second-order valence-electron chi connectivity index (χ2n) is 5.96. The van der Waals surface area contributed by atoms with Gasteiger partial charge in [-0.25, -0.2) is 13.1 Å². The third kappa shape index (κ3) is 4.91. The summed E-state index contributed by atoms with van der Waals surface area (Å²) in [6, 6.07) is 13.6. The Morgan fingerprint density at radius 1 is 1.00 bits per heavy atom. The SMILES string of the molecule is Cc1ccc(CNS(=O)(=O)c2ccc(C(=O)NC(C)C)cc2)cc1. The Bertz CT molecular complexity index is 795. The molecule has 0 aliphatic rings. The summed E-state index contributed by atoms with van der Waals surface area (Å²) < 4.78 is 27.2. The first-order valence-electron chi connectivity index (χ1n) is 7.74. The molecule has 2 aromatic carbocycles. The zero-order chi connectivity index (χ0) is 17.7. The maximum Gasteiger partial charge on any atom is 0.251 e. The fourth-order valence-corrected chi connectivity index (χ4v) is 3.12. The number of rotatable bonds is 6. The van der Waals surface area contributed by atoms with Crippen LogP contribution < -0.4 is 10.0 Å². The smallest absolute Gasteiger partial charge is 0.251 e. The van der Waals surface area contributed by atoms with Crippen molar-refractivity contribution >= 4 is 15.9 Å². The number of hydrogen-bond donors (Lipinski definition) is 2. The maximum absolute atomic E-state index is 12.3. The summed E-state index contributed by atoms with van der Waals surface area (Å²) in [4.78, 5) is 12.0. The normalized spacial score (nSPS) is 11.5. The monoisotopic (exact) mass is 346 g/mol. The molecule has 2 aromatic rings. The van der Waals surface area contributed by atoms with E-state index in [0.717, 1.165) is 11.1 Å². The molecule has 0 spiro atoms. The molecule has 2 rings (SSSR count). The second-order valence-corrected chi connectivity index (χ2v) is 7.73. The summed E-state index contributed by atoms with van der Waals surface area (Å²) in [5.41, 5.74) is 2.44. The third-order valence-electron chi connectivity index (χ3n) is 3.43. The molecule has 1 amide bonds. The van der Waals surface area contributed by atoms with Crippen molar-refractivity contribution in [2.75, 3.05) is 0 Å². The summed E-state index contributed by atoms with van der Waals surface area (Å²) in [6.07, 6.45) is 0. The molecule has 0 atom stereocenters. The van der Waals surface area contributed by atoms with Crippen LogP contribution in [-0.2, 0) is 16.6 Å². The van der Waals surface area contributed by atoms with Crippen molar-refractivity contribution in [1.82, 2.24) is 10.0 Å². The first-order chi connectivity index (χ1) is 11.3. The molecule has 0 aromatic heterocycles. The van der Waals surface area contributed by atoms with Gasteiger partial charge in [-0.2, -0.15) is 0 Å². The Morgan fingerprint density at radius 2 is 1.58 bits per heavy atom. The van der Waals surface area contributed by atoms with Crippen LogP contribution in [0.4, 0.5) is 0 Å². The van der Waals surface area contributed by atoms with E-state index in [1.807, 2.05) is 45.0 Å². The summed E-state index contributed by atoms with van der Waals surface area (Å²) in [5, 5.41) is 2.76. The maximum atomic E-state index is 12.3.